The van der Waals surface area contributed by atoms with Gasteiger partial charge in [0.15, 0.2) is 5.65 Å². The Morgan fingerprint density at radius 1 is 1.07 bits per heavy atom. The lowest BCUT2D eigenvalue weighted by Gasteiger charge is -2.21. The smallest absolute Gasteiger partial charge is 0.333 e. The summed E-state index contributed by atoms with van der Waals surface area (Å²) in [5.74, 6) is 0. The molecule has 0 bridgehead atoms. The molecule has 0 saturated heterocycles. The van der Waals surface area contributed by atoms with Gasteiger partial charge in [-0.2, -0.15) is 13.9 Å². The van der Waals surface area contributed by atoms with Crippen LogP contribution < -0.4 is 0 Å². The number of benzene rings is 1. The Labute approximate surface area is 170 Å². The van der Waals surface area contributed by atoms with Crippen LogP contribution in [0.3, 0.4) is 0 Å². The molecule has 1 N–H and O–H groups in total. The number of fused-ring (bicyclic) bond motifs is 2. The molecule has 5 rings (SSSR count). The summed E-state index contributed by atoms with van der Waals surface area (Å²) in [6.07, 6.45) is 7.88. The molecule has 7 nitrogen and oxygen atoms in total. The number of H-pyrrole nitrogens is 1. The van der Waals surface area contributed by atoms with Crippen LogP contribution in [-0.4, -0.2) is 34.3 Å². The molecule has 9 heteroatoms. The van der Waals surface area contributed by atoms with Crippen molar-refractivity contribution in [2.45, 2.75) is 32.9 Å². The van der Waals surface area contributed by atoms with Gasteiger partial charge in [0, 0.05) is 29.1 Å². The number of nitrogens with one attached hydrogen (secondary N) is 1. The highest BCUT2D eigenvalue weighted by Crippen LogP contribution is 2.32. The minimum absolute atomic E-state index is 0.106. The van der Waals surface area contributed by atoms with Crippen LogP contribution in [0.4, 0.5) is 8.78 Å². The van der Waals surface area contributed by atoms with E-state index >= 15 is 0 Å². The van der Waals surface area contributed by atoms with E-state index in [0.29, 0.717) is 27.1 Å². The molecule has 0 spiro atoms. The van der Waals surface area contributed by atoms with Crippen molar-refractivity contribution >= 4 is 22.2 Å². The maximum Gasteiger partial charge on any atom is 0.333 e. The third-order valence-electron chi connectivity index (χ3n) is 5.06. The minimum atomic E-state index is -2.70. The molecule has 0 amide bonds. The van der Waals surface area contributed by atoms with E-state index in [1.807, 2.05) is 24.7 Å². The van der Waals surface area contributed by atoms with Crippen LogP contribution in [0.2, 0.25) is 0 Å². The van der Waals surface area contributed by atoms with E-state index in [-0.39, 0.29) is 5.54 Å². The monoisotopic (exact) mass is 407 g/mol. The van der Waals surface area contributed by atoms with Gasteiger partial charge in [0.2, 0.25) is 0 Å². The van der Waals surface area contributed by atoms with E-state index in [1.165, 1.54) is 12.4 Å². The van der Waals surface area contributed by atoms with Crippen molar-refractivity contribution in [3.8, 4) is 22.4 Å². The van der Waals surface area contributed by atoms with Crippen molar-refractivity contribution in [2.75, 3.05) is 0 Å². The highest BCUT2D eigenvalue weighted by atomic mass is 19.3. The Balaban J connectivity index is 1.64. The van der Waals surface area contributed by atoms with Crippen LogP contribution in [0.5, 0.6) is 0 Å². The first-order valence-electron chi connectivity index (χ1n) is 9.46. The third-order valence-corrected chi connectivity index (χ3v) is 5.06. The van der Waals surface area contributed by atoms with Gasteiger partial charge >= 0.3 is 6.55 Å². The second kappa shape index (κ2) is 6.45. The number of halogens is 2. The van der Waals surface area contributed by atoms with Crippen LogP contribution in [0, 0.1) is 0 Å². The Morgan fingerprint density at radius 2 is 1.90 bits per heavy atom. The van der Waals surface area contributed by atoms with E-state index in [1.54, 1.807) is 6.20 Å². The number of nitrogens with zero attached hydrogens (tertiary/aromatic N) is 6. The lowest BCUT2D eigenvalue weighted by molar-refractivity contribution is 0.0566. The van der Waals surface area contributed by atoms with Gasteiger partial charge < -0.3 is 9.55 Å². The van der Waals surface area contributed by atoms with Gasteiger partial charge in [0.25, 0.3) is 0 Å². The molecule has 0 radical (unpaired) electrons. The van der Waals surface area contributed by atoms with Crippen molar-refractivity contribution in [3.63, 3.8) is 0 Å². The number of alkyl halides is 2. The zero-order valence-electron chi connectivity index (χ0n) is 16.6. The molecule has 0 fully saturated rings. The molecule has 5 aromatic rings. The molecule has 4 heterocycles. The van der Waals surface area contributed by atoms with Crippen LogP contribution >= 0.6 is 0 Å². The first-order chi connectivity index (χ1) is 14.3. The quantitative estimate of drug-likeness (QED) is 0.457. The molecule has 0 aliphatic heterocycles. The molecule has 0 unspecified atom stereocenters. The Kier molecular flexibility index (Phi) is 3.96. The number of rotatable bonds is 3. The molecular formula is C21H19F2N7. The second-order valence-electron chi connectivity index (χ2n) is 8.13. The first-order valence-corrected chi connectivity index (χ1v) is 9.46. The van der Waals surface area contributed by atoms with Gasteiger partial charge in [0.05, 0.1) is 35.4 Å². The van der Waals surface area contributed by atoms with E-state index in [4.69, 9.17) is 0 Å². The summed E-state index contributed by atoms with van der Waals surface area (Å²) in [7, 11) is 0. The van der Waals surface area contributed by atoms with Gasteiger partial charge in [-0.25, -0.2) is 19.6 Å². The Morgan fingerprint density at radius 3 is 2.63 bits per heavy atom. The van der Waals surface area contributed by atoms with Crippen molar-refractivity contribution < 1.29 is 8.78 Å². The lowest BCUT2D eigenvalue weighted by atomic mass is 10.1. The fourth-order valence-electron chi connectivity index (χ4n) is 3.54. The highest BCUT2D eigenvalue weighted by molar-refractivity contribution is 5.94. The largest absolute Gasteiger partial charge is 0.344 e. The van der Waals surface area contributed by atoms with Crippen molar-refractivity contribution in [3.05, 3.63) is 49.3 Å². The summed E-state index contributed by atoms with van der Waals surface area (Å²) >= 11 is 0. The summed E-state index contributed by atoms with van der Waals surface area (Å²) in [6.45, 7) is 3.69. The topological polar surface area (TPSA) is 77.2 Å². The predicted molar refractivity (Wildman–Crippen MR) is 110 cm³/mol. The standard InChI is InChI=1S/C21H19F2N7/c1-21(2,3)29-11-26-15-5-4-12(6-17(15)29)14-8-24-19-18(14)28-16(9-25-19)13-7-27-30(10-13)20(22)23/h4-11,20H,1-3H3,(H,24,25). The number of aromatic amines is 1. The first kappa shape index (κ1) is 18.4. The van der Waals surface area contributed by atoms with Crippen molar-refractivity contribution in [1.29, 1.82) is 0 Å². The molecule has 30 heavy (non-hydrogen) atoms. The van der Waals surface area contributed by atoms with Crippen LogP contribution in [0.15, 0.2) is 49.3 Å². The van der Waals surface area contributed by atoms with Gasteiger partial charge in [-0.05, 0) is 38.5 Å². The summed E-state index contributed by atoms with van der Waals surface area (Å²) < 4.78 is 28.4. The number of imidazole rings is 1. The predicted octanol–water partition coefficient (Wildman–Crippen LogP) is 4.99. The number of hydrogen-bond acceptors (Lipinski definition) is 4. The second-order valence-corrected chi connectivity index (χ2v) is 8.13. The summed E-state index contributed by atoms with van der Waals surface area (Å²) in [6, 6.07) is 6.06. The molecule has 0 saturated carbocycles. The number of aromatic nitrogens is 7. The Bertz CT molecular complexity index is 1370. The van der Waals surface area contributed by atoms with E-state index in [2.05, 4.69) is 56.4 Å². The molecular weight excluding hydrogens is 388 g/mol. The highest BCUT2D eigenvalue weighted by Gasteiger charge is 2.18. The maximum absolute atomic E-state index is 12.9. The fraction of sp³-hybridized carbons (Fsp3) is 0.238. The Hall–Kier alpha value is -3.62. The summed E-state index contributed by atoms with van der Waals surface area (Å²) in [5.41, 5.74) is 5.94. The van der Waals surface area contributed by atoms with Crippen LogP contribution in [-0.2, 0) is 5.54 Å². The SMILES string of the molecule is CC(C)(C)n1cnc2ccc(-c3c[nH]c4ncc(-c5cnn(C(F)F)c5)nc34)cc21. The fourth-order valence-corrected chi connectivity index (χ4v) is 3.54. The zero-order chi connectivity index (χ0) is 21.0. The van der Waals surface area contributed by atoms with Gasteiger partial charge in [-0.1, -0.05) is 6.07 Å². The molecule has 0 aliphatic rings. The number of hydrogen-bond donors (Lipinski definition) is 1. The van der Waals surface area contributed by atoms with E-state index in [0.717, 1.165) is 22.2 Å². The minimum Gasteiger partial charge on any atom is -0.344 e. The molecule has 1 aromatic carbocycles. The molecule has 152 valence electrons. The normalized spacial score (nSPS) is 12.5. The van der Waals surface area contributed by atoms with E-state index < -0.39 is 6.55 Å². The average molecular weight is 407 g/mol. The van der Waals surface area contributed by atoms with E-state index in [9.17, 15) is 8.78 Å². The van der Waals surface area contributed by atoms with Gasteiger partial charge in [-0.3, -0.25) is 0 Å². The zero-order valence-corrected chi connectivity index (χ0v) is 16.6. The maximum atomic E-state index is 12.9. The van der Waals surface area contributed by atoms with Gasteiger partial charge in [0.1, 0.15) is 5.52 Å². The summed E-state index contributed by atoms with van der Waals surface area (Å²) in [4.78, 5) is 16.7. The lowest BCUT2D eigenvalue weighted by Crippen LogP contribution is -2.20. The molecule has 0 aliphatic carbocycles. The molecule has 0 atom stereocenters. The molecule has 4 aromatic heterocycles. The van der Waals surface area contributed by atoms with Crippen LogP contribution in [0.25, 0.3) is 44.6 Å². The summed E-state index contributed by atoms with van der Waals surface area (Å²) in [5, 5.41) is 3.68. The van der Waals surface area contributed by atoms with Gasteiger partial charge in [-0.15, -0.1) is 0 Å². The van der Waals surface area contributed by atoms with Crippen molar-refractivity contribution in [2.24, 2.45) is 0 Å². The third kappa shape index (κ3) is 2.94. The average Bonchev–Trinajstić information content (AvgIpc) is 3.43. The van der Waals surface area contributed by atoms with Crippen LogP contribution in [0.1, 0.15) is 27.3 Å². The van der Waals surface area contributed by atoms with Crippen molar-refractivity contribution in [1.82, 2.24) is 34.3 Å².